The normalized spacial score (nSPS) is 40.8. The molecule has 18 heavy (non-hydrogen) atoms. The molecule has 104 valence electrons. The zero-order valence-corrected chi connectivity index (χ0v) is 13.0. The smallest absolute Gasteiger partial charge is 0.216 e. The molecule has 0 amide bonds. The SMILES string of the molecule is C=C1O[C@@]2(C(C)(C)C)C[C@H](C)C[C@]1(C(C)(C)C)O2. The monoisotopic (exact) mass is 252 g/mol. The molecule has 0 spiro atoms. The number of ether oxygens (including phenoxy) is 2. The van der Waals surface area contributed by atoms with Gasteiger partial charge in [-0.2, -0.15) is 0 Å². The average Bonchev–Trinajstić information content (AvgIpc) is 2.33. The van der Waals surface area contributed by atoms with E-state index in [1.165, 1.54) is 0 Å². The van der Waals surface area contributed by atoms with Crippen LogP contribution in [0, 0.1) is 16.7 Å². The summed E-state index contributed by atoms with van der Waals surface area (Å²) >= 11 is 0. The van der Waals surface area contributed by atoms with E-state index in [2.05, 4.69) is 55.0 Å². The lowest BCUT2D eigenvalue weighted by Gasteiger charge is -2.50. The summed E-state index contributed by atoms with van der Waals surface area (Å²) < 4.78 is 12.8. The molecule has 0 aromatic carbocycles. The molecule has 0 saturated carbocycles. The van der Waals surface area contributed by atoms with Crippen molar-refractivity contribution in [2.24, 2.45) is 16.7 Å². The molecule has 0 radical (unpaired) electrons. The maximum absolute atomic E-state index is 6.56. The summed E-state index contributed by atoms with van der Waals surface area (Å²) in [6, 6.07) is 0. The second-order valence-electron chi connectivity index (χ2n) is 8.22. The summed E-state index contributed by atoms with van der Waals surface area (Å²) in [5.41, 5.74) is -0.374. The Morgan fingerprint density at radius 1 is 1.06 bits per heavy atom. The van der Waals surface area contributed by atoms with Gasteiger partial charge in [-0.3, -0.25) is 0 Å². The number of hydrogen-bond acceptors (Lipinski definition) is 2. The molecular weight excluding hydrogens is 224 g/mol. The molecule has 2 saturated heterocycles. The number of fused-ring (bicyclic) bond motifs is 2. The molecule has 2 heterocycles. The molecule has 2 aliphatic heterocycles. The molecule has 0 N–H and O–H groups in total. The second-order valence-corrected chi connectivity index (χ2v) is 8.22. The first kappa shape index (κ1) is 13.9. The molecule has 2 nitrogen and oxygen atoms in total. The summed E-state index contributed by atoms with van der Waals surface area (Å²) in [7, 11) is 0. The van der Waals surface area contributed by atoms with Gasteiger partial charge in [0.2, 0.25) is 5.79 Å². The van der Waals surface area contributed by atoms with E-state index in [0.717, 1.165) is 18.6 Å². The lowest BCUT2D eigenvalue weighted by molar-refractivity contribution is -0.288. The minimum absolute atomic E-state index is 0.00572. The Labute approximate surface area is 112 Å². The summed E-state index contributed by atoms with van der Waals surface area (Å²) in [6.45, 7) is 19.7. The van der Waals surface area contributed by atoms with E-state index in [9.17, 15) is 0 Å². The Bertz CT molecular complexity index is 372. The molecule has 2 rings (SSSR count). The van der Waals surface area contributed by atoms with Gasteiger partial charge >= 0.3 is 0 Å². The molecule has 2 bridgehead atoms. The predicted molar refractivity (Wildman–Crippen MR) is 74.1 cm³/mol. The predicted octanol–water partition coefficient (Wildman–Crippen LogP) is 4.50. The van der Waals surface area contributed by atoms with E-state index in [4.69, 9.17) is 9.47 Å². The highest BCUT2D eigenvalue weighted by molar-refractivity contribution is 5.22. The third-order valence-corrected chi connectivity index (χ3v) is 4.68. The van der Waals surface area contributed by atoms with Crippen LogP contribution < -0.4 is 0 Å². The third kappa shape index (κ3) is 1.65. The van der Waals surface area contributed by atoms with Crippen LogP contribution in [0.15, 0.2) is 12.3 Å². The highest BCUT2D eigenvalue weighted by Gasteiger charge is 2.66. The Morgan fingerprint density at radius 2 is 1.61 bits per heavy atom. The first-order valence-electron chi connectivity index (χ1n) is 7.02. The fourth-order valence-electron chi connectivity index (χ4n) is 3.39. The van der Waals surface area contributed by atoms with Gasteiger partial charge in [-0.05, 0) is 17.8 Å². The quantitative estimate of drug-likeness (QED) is 0.632. The zero-order valence-electron chi connectivity index (χ0n) is 13.0. The van der Waals surface area contributed by atoms with Crippen molar-refractivity contribution in [3.8, 4) is 0 Å². The van der Waals surface area contributed by atoms with Crippen LogP contribution in [0.3, 0.4) is 0 Å². The number of rotatable bonds is 0. The van der Waals surface area contributed by atoms with E-state index < -0.39 is 5.79 Å². The van der Waals surface area contributed by atoms with Gasteiger partial charge in [0.05, 0.1) is 0 Å². The van der Waals surface area contributed by atoms with Crippen LogP contribution in [0.25, 0.3) is 0 Å². The van der Waals surface area contributed by atoms with Crippen molar-refractivity contribution in [1.29, 1.82) is 0 Å². The van der Waals surface area contributed by atoms with Gasteiger partial charge in [-0.25, -0.2) is 0 Å². The Kier molecular flexibility index (Phi) is 2.73. The van der Waals surface area contributed by atoms with Crippen molar-refractivity contribution in [3.63, 3.8) is 0 Å². The van der Waals surface area contributed by atoms with Gasteiger partial charge < -0.3 is 9.47 Å². The van der Waals surface area contributed by atoms with Crippen molar-refractivity contribution in [3.05, 3.63) is 12.3 Å². The maximum Gasteiger partial charge on any atom is 0.216 e. The van der Waals surface area contributed by atoms with Gasteiger partial charge in [-0.15, -0.1) is 0 Å². The van der Waals surface area contributed by atoms with Crippen LogP contribution in [0.2, 0.25) is 0 Å². The lowest BCUT2D eigenvalue weighted by Crippen LogP contribution is -2.55. The highest BCUT2D eigenvalue weighted by atomic mass is 16.8. The maximum atomic E-state index is 6.56. The number of hydrogen-bond donors (Lipinski definition) is 0. The van der Waals surface area contributed by atoms with Crippen molar-refractivity contribution >= 4 is 0 Å². The van der Waals surface area contributed by atoms with Gasteiger partial charge in [0.25, 0.3) is 0 Å². The van der Waals surface area contributed by atoms with Crippen LogP contribution in [0.5, 0.6) is 0 Å². The average molecular weight is 252 g/mol. The molecule has 0 aromatic rings. The summed E-state index contributed by atoms with van der Waals surface area (Å²) in [5, 5.41) is 0. The fourth-order valence-corrected chi connectivity index (χ4v) is 3.39. The minimum atomic E-state index is -0.505. The Balaban J connectivity index is 2.51. The summed E-state index contributed by atoms with van der Waals surface area (Å²) in [6.07, 6.45) is 1.96. The molecule has 0 unspecified atom stereocenters. The minimum Gasteiger partial charge on any atom is -0.464 e. The molecular formula is C16H28O2. The van der Waals surface area contributed by atoms with E-state index in [1.807, 2.05) is 0 Å². The topological polar surface area (TPSA) is 18.5 Å². The third-order valence-electron chi connectivity index (χ3n) is 4.68. The van der Waals surface area contributed by atoms with E-state index >= 15 is 0 Å². The first-order chi connectivity index (χ1) is 7.94. The second kappa shape index (κ2) is 3.53. The standard InChI is InChI=1S/C16H28O2/c1-11-9-15(13(3,4)5)12(2)17-16(10-11,18-15)14(6,7)8/h11H,2,9-10H2,1,3-8H3/t11-,15+,16+/m1/s1. The van der Waals surface area contributed by atoms with Crippen LogP contribution in [-0.2, 0) is 9.47 Å². The van der Waals surface area contributed by atoms with Crippen LogP contribution in [0.1, 0.15) is 61.3 Å². The summed E-state index contributed by atoms with van der Waals surface area (Å²) in [4.78, 5) is 0. The van der Waals surface area contributed by atoms with Gasteiger partial charge in [-0.1, -0.05) is 55.0 Å². The molecule has 3 atom stereocenters. The van der Waals surface area contributed by atoms with Crippen molar-refractivity contribution < 1.29 is 9.47 Å². The highest BCUT2D eigenvalue weighted by Crippen LogP contribution is 2.62. The van der Waals surface area contributed by atoms with E-state index in [-0.39, 0.29) is 16.4 Å². The van der Waals surface area contributed by atoms with Crippen molar-refractivity contribution in [2.45, 2.75) is 72.7 Å². The Hall–Kier alpha value is -0.500. The van der Waals surface area contributed by atoms with E-state index in [0.29, 0.717) is 5.92 Å². The van der Waals surface area contributed by atoms with Crippen LogP contribution >= 0.6 is 0 Å². The van der Waals surface area contributed by atoms with E-state index in [1.54, 1.807) is 0 Å². The van der Waals surface area contributed by atoms with Gasteiger partial charge in [0.1, 0.15) is 11.4 Å². The van der Waals surface area contributed by atoms with Crippen LogP contribution in [-0.4, -0.2) is 11.4 Å². The van der Waals surface area contributed by atoms with Crippen LogP contribution in [0.4, 0.5) is 0 Å². The Morgan fingerprint density at radius 3 is 2.06 bits per heavy atom. The fraction of sp³-hybridized carbons (Fsp3) is 0.875. The molecule has 0 aromatic heterocycles. The van der Waals surface area contributed by atoms with Crippen molar-refractivity contribution in [1.82, 2.24) is 0 Å². The van der Waals surface area contributed by atoms with Crippen molar-refractivity contribution in [2.75, 3.05) is 0 Å². The van der Waals surface area contributed by atoms with Gasteiger partial charge in [0, 0.05) is 11.8 Å². The molecule has 2 fully saturated rings. The van der Waals surface area contributed by atoms with Gasteiger partial charge in [0.15, 0.2) is 0 Å². The molecule has 2 aliphatic rings. The zero-order chi connectivity index (χ0) is 14.0. The molecule has 0 aliphatic carbocycles. The first-order valence-corrected chi connectivity index (χ1v) is 7.02. The summed E-state index contributed by atoms with van der Waals surface area (Å²) in [5.74, 6) is 0.917. The molecule has 2 heteroatoms. The lowest BCUT2D eigenvalue weighted by atomic mass is 9.67. The largest absolute Gasteiger partial charge is 0.464 e.